The Hall–Kier alpha value is -1.22. The zero-order valence-electron chi connectivity index (χ0n) is 7.14. The summed E-state index contributed by atoms with van der Waals surface area (Å²) >= 11 is 0. The van der Waals surface area contributed by atoms with Gasteiger partial charge < -0.3 is 0 Å². The van der Waals surface area contributed by atoms with E-state index in [0.29, 0.717) is 0 Å². The molecule has 0 aromatic carbocycles. The predicted molar refractivity (Wildman–Crippen MR) is 51.6 cm³/mol. The fourth-order valence-electron chi connectivity index (χ4n) is 1.52. The van der Waals surface area contributed by atoms with Crippen molar-refractivity contribution in [2.75, 3.05) is 0 Å². The quantitative estimate of drug-likeness (QED) is 0.473. The van der Waals surface area contributed by atoms with Crippen molar-refractivity contribution in [1.29, 1.82) is 0 Å². The van der Waals surface area contributed by atoms with Crippen LogP contribution in [0.3, 0.4) is 0 Å². The number of rotatable bonds is 0. The lowest BCUT2D eigenvalue weighted by Gasteiger charge is -2.09. The molecule has 0 aromatic rings. The third-order valence-electron chi connectivity index (χ3n) is 2.20. The third-order valence-corrected chi connectivity index (χ3v) is 2.20. The van der Waals surface area contributed by atoms with Gasteiger partial charge in [-0.15, -0.1) is 0 Å². The molecule has 0 atom stereocenters. The number of fused-ring (bicyclic) bond motifs is 1. The summed E-state index contributed by atoms with van der Waals surface area (Å²) < 4.78 is 0. The first-order valence-electron chi connectivity index (χ1n) is 4.52. The van der Waals surface area contributed by atoms with E-state index >= 15 is 0 Å². The van der Waals surface area contributed by atoms with Gasteiger partial charge in [-0.05, 0) is 30.9 Å². The summed E-state index contributed by atoms with van der Waals surface area (Å²) in [7, 11) is 0. The van der Waals surface area contributed by atoms with Crippen LogP contribution in [0, 0.1) is 11.8 Å². The van der Waals surface area contributed by atoms with Crippen molar-refractivity contribution >= 4 is 0 Å². The van der Waals surface area contributed by atoms with Crippen LogP contribution in [0.25, 0.3) is 0 Å². The summed E-state index contributed by atoms with van der Waals surface area (Å²) in [6.07, 6.45) is 13.3. The normalized spacial score (nSPS) is 20.7. The van der Waals surface area contributed by atoms with E-state index in [1.807, 2.05) is 0 Å². The predicted octanol–water partition coefficient (Wildman–Crippen LogP) is 2.99. The minimum Gasteiger partial charge on any atom is -0.0979 e. The second-order valence-electron chi connectivity index (χ2n) is 3.14. The van der Waals surface area contributed by atoms with Crippen molar-refractivity contribution in [2.24, 2.45) is 0 Å². The van der Waals surface area contributed by atoms with Crippen molar-refractivity contribution in [3.05, 3.63) is 35.5 Å². The fourth-order valence-corrected chi connectivity index (χ4v) is 1.52. The molecule has 0 saturated carbocycles. The smallest absolute Gasteiger partial charge is 0.0277 e. The van der Waals surface area contributed by atoms with Gasteiger partial charge in [-0.2, -0.15) is 0 Å². The number of allylic oxidation sites excluding steroid dienone is 6. The van der Waals surface area contributed by atoms with Crippen molar-refractivity contribution in [1.82, 2.24) is 0 Å². The monoisotopic (exact) mass is 156 g/mol. The molecule has 2 rings (SSSR count). The maximum atomic E-state index is 3.22. The molecular weight excluding hydrogens is 144 g/mol. The highest BCUT2D eigenvalue weighted by Crippen LogP contribution is 2.21. The minimum absolute atomic E-state index is 1.05. The van der Waals surface area contributed by atoms with Gasteiger partial charge in [0, 0.05) is 12.0 Å². The summed E-state index contributed by atoms with van der Waals surface area (Å²) in [5, 5.41) is 0. The summed E-state index contributed by atoms with van der Waals surface area (Å²) in [5.41, 5.74) is 2.65. The van der Waals surface area contributed by atoms with Crippen molar-refractivity contribution in [3.63, 3.8) is 0 Å². The molecule has 0 spiro atoms. The maximum absolute atomic E-state index is 3.22. The molecule has 0 amide bonds. The van der Waals surface area contributed by atoms with E-state index in [4.69, 9.17) is 0 Å². The Balaban J connectivity index is 2.34. The van der Waals surface area contributed by atoms with Crippen LogP contribution in [0.1, 0.15) is 25.7 Å². The second-order valence-corrected chi connectivity index (χ2v) is 3.14. The Bertz CT molecular complexity index is 316. The summed E-state index contributed by atoms with van der Waals surface area (Å²) in [6.45, 7) is 0. The molecule has 12 heavy (non-hydrogen) atoms. The molecule has 2 aliphatic carbocycles. The van der Waals surface area contributed by atoms with Gasteiger partial charge in [0.1, 0.15) is 0 Å². The Morgan fingerprint density at radius 2 is 2.33 bits per heavy atom. The van der Waals surface area contributed by atoms with Gasteiger partial charge >= 0.3 is 0 Å². The van der Waals surface area contributed by atoms with Crippen LogP contribution in [0.5, 0.6) is 0 Å². The topological polar surface area (TPSA) is 0 Å². The van der Waals surface area contributed by atoms with Crippen molar-refractivity contribution < 1.29 is 0 Å². The van der Waals surface area contributed by atoms with Gasteiger partial charge in [0.05, 0.1) is 0 Å². The third kappa shape index (κ3) is 1.51. The standard InChI is InChI=1S/C12H12/c1-2-4-8-12-10-6-5-9-11(12)7-3-1/h5-7,10H,1-3,9H2. The molecule has 0 fully saturated rings. The van der Waals surface area contributed by atoms with E-state index in [1.165, 1.54) is 24.0 Å². The SMILES string of the molecule is C1#CC2=CC=CCC2=CCCC1. The Kier molecular flexibility index (Phi) is 2.14. The van der Waals surface area contributed by atoms with E-state index in [-0.39, 0.29) is 0 Å². The molecule has 0 radical (unpaired) electrons. The molecule has 0 aliphatic heterocycles. The molecule has 0 saturated heterocycles. The van der Waals surface area contributed by atoms with Crippen LogP contribution in [0.4, 0.5) is 0 Å². The van der Waals surface area contributed by atoms with Crippen LogP contribution >= 0.6 is 0 Å². The molecule has 60 valence electrons. The van der Waals surface area contributed by atoms with Gasteiger partial charge in [0.2, 0.25) is 0 Å². The largest absolute Gasteiger partial charge is 0.0979 e. The molecule has 0 bridgehead atoms. The van der Waals surface area contributed by atoms with E-state index < -0.39 is 0 Å². The number of hydrogen-bond acceptors (Lipinski definition) is 0. The highest BCUT2D eigenvalue weighted by molar-refractivity contribution is 5.50. The van der Waals surface area contributed by atoms with E-state index in [9.17, 15) is 0 Å². The highest BCUT2D eigenvalue weighted by Gasteiger charge is 2.04. The first-order chi connectivity index (χ1) is 5.97. The van der Waals surface area contributed by atoms with Crippen LogP contribution in [-0.2, 0) is 0 Å². The van der Waals surface area contributed by atoms with Crippen LogP contribution in [0.2, 0.25) is 0 Å². The first kappa shape index (κ1) is 7.43. The molecule has 0 nitrogen and oxygen atoms in total. The Morgan fingerprint density at radius 3 is 3.33 bits per heavy atom. The Labute approximate surface area is 73.7 Å². The molecule has 0 heteroatoms. The minimum atomic E-state index is 1.05. The highest BCUT2D eigenvalue weighted by atomic mass is 14.1. The molecule has 0 unspecified atom stereocenters. The average Bonchev–Trinajstić information content (AvgIpc) is 2.06. The van der Waals surface area contributed by atoms with Crippen molar-refractivity contribution in [3.8, 4) is 11.8 Å². The van der Waals surface area contributed by atoms with Crippen molar-refractivity contribution in [2.45, 2.75) is 25.7 Å². The summed E-state index contributed by atoms with van der Waals surface area (Å²) in [4.78, 5) is 0. The lowest BCUT2D eigenvalue weighted by molar-refractivity contribution is 0.873. The molecule has 0 N–H and O–H groups in total. The molecule has 2 aliphatic rings. The average molecular weight is 156 g/mol. The zero-order valence-corrected chi connectivity index (χ0v) is 7.14. The van der Waals surface area contributed by atoms with Gasteiger partial charge in [0.15, 0.2) is 0 Å². The first-order valence-corrected chi connectivity index (χ1v) is 4.52. The Morgan fingerprint density at radius 1 is 1.33 bits per heavy atom. The van der Waals surface area contributed by atoms with Gasteiger partial charge in [-0.25, -0.2) is 0 Å². The molecule has 0 heterocycles. The van der Waals surface area contributed by atoms with E-state index in [1.54, 1.807) is 0 Å². The fraction of sp³-hybridized carbons (Fsp3) is 0.333. The van der Waals surface area contributed by atoms with Crippen LogP contribution in [-0.4, -0.2) is 0 Å². The van der Waals surface area contributed by atoms with Crippen LogP contribution in [0.15, 0.2) is 35.5 Å². The number of hydrogen-bond donors (Lipinski definition) is 0. The summed E-state index contributed by atoms with van der Waals surface area (Å²) in [6, 6.07) is 0. The molecular formula is C12H12. The van der Waals surface area contributed by atoms with Gasteiger partial charge in [-0.3, -0.25) is 0 Å². The molecule has 0 aromatic heterocycles. The van der Waals surface area contributed by atoms with E-state index in [0.717, 1.165) is 12.8 Å². The maximum Gasteiger partial charge on any atom is 0.0277 e. The lowest BCUT2D eigenvalue weighted by atomic mass is 9.95. The lowest BCUT2D eigenvalue weighted by Crippen LogP contribution is -1.92. The van der Waals surface area contributed by atoms with E-state index in [2.05, 4.69) is 36.1 Å². The zero-order chi connectivity index (χ0) is 8.23. The summed E-state index contributed by atoms with van der Waals surface area (Å²) in [5.74, 6) is 6.41. The second kappa shape index (κ2) is 3.45. The van der Waals surface area contributed by atoms with Gasteiger partial charge in [-0.1, -0.05) is 30.1 Å². The van der Waals surface area contributed by atoms with Crippen LogP contribution < -0.4 is 0 Å². The van der Waals surface area contributed by atoms with Gasteiger partial charge in [0.25, 0.3) is 0 Å².